The molecule has 0 bridgehead atoms. The van der Waals surface area contributed by atoms with Gasteiger partial charge in [0.05, 0.1) is 17.3 Å². The van der Waals surface area contributed by atoms with E-state index in [2.05, 4.69) is 26.1 Å². The van der Waals surface area contributed by atoms with Crippen molar-refractivity contribution < 1.29 is 8.81 Å². The van der Waals surface area contributed by atoms with Crippen molar-refractivity contribution in [1.29, 1.82) is 0 Å². The molecule has 4 nitrogen and oxygen atoms in total. The molecule has 0 N–H and O–H groups in total. The monoisotopic (exact) mass is 377 g/mol. The molecule has 0 fully saturated rings. The first-order valence-corrected chi connectivity index (χ1v) is 8.27. The molecular weight excluding hydrogens is 369 g/mol. The molecule has 1 aromatic carbocycles. The number of hydrogen-bond donors (Lipinski definition) is 0. The zero-order valence-corrected chi connectivity index (χ0v) is 13.6. The van der Waals surface area contributed by atoms with Crippen LogP contribution < -0.4 is 0 Å². The summed E-state index contributed by atoms with van der Waals surface area (Å²) in [4.78, 5) is 0. The Kier molecular flexibility index (Phi) is 3.38. The Labute approximate surface area is 137 Å². The number of fused-ring (bicyclic) bond motifs is 3. The van der Waals surface area contributed by atoms with Gasteiger partial charge in [-0.15, -0.1) is 10.2 Å². The molecule has 3 heterocycles. The molecule has 0 unspecified atom stereocenters. The Hall–Kier alpha value is -1.86. The van der Waals surface area contributed by atoms with E-state index in [0.717, 1.165) is 26.1 Å². The minimum atomic E-state index is -0.231. The zero-order valence-electron chi connectivity index (χ0n) is 11.2. The number of aromatic nitrogens is 3. The number of rotatable bonds is 3. The van der Waals surface area contributed by atoms with Crippen molar-refractivity contribution in [2.45, 2.75) is 10.8 Å². The number of thioether (sulfide) groups is 1. The van der Waals surface area contributed by atoms with E-state index in [4.69, 9.17) is 4.42 Å². The van der Waals surface area contributed by atoms with Crippen molar-refractivity contribution in [2.24, 2.45) is 0 Å². The number of nitrogens with zero attached hydrogens (tertiary/aromatic N) is 3. The van der Waals surface area contributed by atoms with Gasteiger partial charge in [0.1, 0.15) is 17.2 Å². The van der Waals surface area contributed by atoms with E-state index in [-0.39, 0.29) is 5.82 Å². The Balaban J connectivity index is 1.69. The minimum Gasteiger partial charge on any atom is -0.463 e. The van der Waals surface area contributed by atoms with Gasteiger partial charge in [-0.3, -0.25) is 4.40 Å². The van der Waals surface area contributed by atoms with Crippen LogP contribution in [0.5, 0.6) is 0 Å². The highest BCUT2D eigenvalue weighted by molar-refractivity contribution is 9.10. The Bertz CT molecular complexity index is 981. The normalized spacial score (nSPS) is 11.5. The topological polar surface area (TPSA) is 43.3 Å². The van der Waals surface area contributed by atoms with Gasteiger partial charge in [0.25, 0.3) is 0 Å². The minimum absolute atomic E-state index is 0.231. The molecule has 0 saturated carbocycles. The second-order valence-electron chi connectivity index (χ2n) is 4.73. The Morgan fingerprint density at radius 1 is 1.23 bits per heavy atom. The van der Waals surface area contributed by atoms with E-state index < -0.39 is 0 Å². The molecule has 0 aliphatic rings. The van der Waals surface area contributed by atoms with Crippen molar-refractivity contribution in [3.05, 3.63) is 58.8 Å². The predicted molar refractivity (Wildman–Crippen MR) is 86.4 cm³/mol. The second-order valence-corrected chi connectivity index (χ2v) is 6.61. The number of hydrogen-bond acceptors (Lipinski definition) is 4. The molecule has 4 rings (SSSR count). The lowest BCUT2D eigenvalue weighted by molar-refractivity contribution is 0.616. The van der Waals surface area contributed by atoms with Gasteiger partial charge in [0.2, 0.25) is 0 Å². The summed E-state index contributed by atoms with van der Waals surface area (Å²) in [6.45, 7) is 0. The maximum absolute atomic E-state index is 13.9. The summed E-state index contributed by atoms with van der Waals surface area (Å²) < 4.78 is 21.9. The van der Waals surface area contributed by atoms with Gasteiger partial charge in [-0.2, -0.15) is 0 Å². The predicted octanol–water partition coefficient (Wildman–Crippen LogP) is 4.67. The van der Waals surface area contributed by atoms with Crippen LogP contribution in [0.4, 0.5) is 4.39 Å². The van der Waals surface area contributed by atoms with Crippen LogP contribution in [-0.2, 0) is 5.75 Å². The maximum atomic E-state index is 13.9. The first-order chi connectivity index (χ1) is 10.7. The highest BCUT2D eigenvalue weighted by atomic mass is 79.9. The third-order valence-electron chi connectivity index (χ3n) is 3.37. The third-order valence-corrected chi connectivity index (χ3v) is 4.89. The van der Waals surface area contributed by atoms with Crippen LogP contribution in [0.2, 0.25) is 0 Å². The van der Waals surface area contributed by atoms with Gasteiger partial charge in [-0.25, -0.2) is 4.39 Å². The van der Waals surface area contributed by atoms with E-state index in [1.165, 1.54) is 17.8 Å². The van der Waals surface area contributed by atoms with Gasteiger partial charge in [-0.05, 0) is 17.7 Å². The summed E-state index contributed by atoms with van der Waals surface area (Å²) in [7, 11) is 0. The van der Waals surface area contributed by atoms with Gasteiger partial charge in [-0.1, -0.05) is 33.8 Å². The molecule has 0 aliphatic heterocycles. The van der Waals surface area contributed by atoms with E-state index in [9.17, 15) is 4.39 Å². The maximum Gasteiger partial charge on any atom is 0.152 e. The summed E-state index contributed by atoms with van der Waals surface area (Å²) in [5, 5.41) is 8.92. The van der Waals surface area contributed by atoms with Crippen molar-refractivity contribution in [1.82, 2.24) is 14.6 Å². The number of halogens is 2. The summed E-state index contributed by atoms with van der Waals surface area (Å²) in [5.74, 6) is 0.255. The lowest BCUT2D eigenvalue weighted by Gasteiger charge is -2.04. The molecule has 0 amide bonds. The molecule has 3 aromatic heterocycles. The standard InChI is InChI=1S/C15H9BrFN3OS/c16-10-2-1-9(11(17)5-10)7-22-15-13-6-14-12(3-4-21-14)20(13)8-18-19-15/h1-6,8H,7H2. The van der Waals surface area contributed by atoms with Crippen molar-refractivity contribution in [3.63, 3.8) is 0 Å². The van der Waals surface area contributed by atoms with E-state index in [1.807, 2.05) is 22.6 Å². The van der Waals surface area contributed by atoms with Gasteiger partial charge in [0, 0.05) is 22.4 Å². The summed E-state index contributed by atoms with van der Waals surface area (Å²) in [6, 6.07) is 8.86. The molecule has 0 spiro atoms. The molecule has 4 aromatic rings. The van der Waals surface area contributed by atoms with Crippen LogP contribution in [0.1, 0.15) is 5.56 Å². The quantitative estimate of drug-likeness (QED) is 0.486. The SMILES string of the molecule is Fc1cc(Br)ccc1CSc1nncn2c1cc1occc12. The summed E-state index contributed by atoms with van der Waals surface area (Å²) in [5.41, 5.74) is 3.27. The molecule has 0 aliphatic carbocycles. The Morgan fingerprint density at radius 3 is 3.00 bits per heavy atom. The number of benzene rings is 1. The van der Waals surface area contributed by atoms with Crippen LogP contribution in [0, 0.1) is 5.82 Å². The lowest BCUT2D eigenvalue weighted by atomic mass is 10.2. The van der Waals surface area contributed by atoms with Crippen LogP contribution >= 0.6 is 27.7 Å². The average Bonchev–Trinajstić information content (AvgIpc) is 3.07. The smallest absolute Gasteiger partial charge is 0.152 e. The first-order valence-electron chi connectivity index (χ1n) is 6.49. The molecule has 7 heteroatoms. The van der Waals surface area contributed by atoms with E-state index >= 15 is 0 Å². The summed E-state index contributed by atoms with van der Waals surface area (Å²) in [6.07, 6.45) is 3.29. The van der Waals surface area contributed by atoms with Crippen LogP contribution in [0.15, 0.2) is 56.8 Å². The Morgan fingerprint density at radius 2 is 2.14 bits per heavy atom. The summed E-state index contributed by atoms with van der Waals surface area (Å²) >= 11 is 4.71. The van der Waals surface area contributed by atoms with Gasteiger partial charge >= 0.3 is 0 Å². The fourth-order valence-corrected chi connectivity index (χ4v) is 3.57. The molecule has 110 valence electrons. The van der Waals surface area contributed by atoms with Crippen molar-refractivity contribution in [2.75, 3.05) is 0 Å². The number of furan rings is 1. The van der Waals surface area contributed by atoms with Crippen LogP contribution in [0.3, 0.4) is 0 Å². The zero-order chi connectivity index (χ0) is 15.1. The molecule has 0 radical (unpaired) electrons. The largest absolute Gasteiger partial charge is 0.463 e. The van der Waals surface area contributed by atoms with Gasteiger partial charge in [0.15, 0.2) is 5.58 Å². The highest BCUT2D eigenvalue weighted by Gasteiger charge is 2.12. The molecule has 0 saturated heterocycles. The van der Waals surface area contributed by atoms with Crippen molar-refractivity contribution in [3.8, 4) is 0 Å². The van der Waals surface area contributed by atoms with E-state index in [0.29, 0.717) is 11.3 Å². The fraction of sp³-hybridized carbons (Fsp3) is 0.0667. The van der Waals surface area contributed by atoms with Crippen LogP contribution in [-0.4, -0.2) is 14.6 Å². The first kappa shape index (κ1) is 13.8. The molecular formula is C15H9BrFN3OS. The molecule has 0 atom stereocenters. The lowest BCUT2D eigenvalue weighted by Crippen LogP contribution is -1.94. The van der Waals surface area contributed by atoms with Crippen molar-refractivity contribution >= 4 is 44.3 Å². The van der Waals surface area contributed by atoms with Crippen LogP contribution in [0.25, 0.3) is 16.6 Å². The highest BCUT2D eigenvalue weighted by Crippen LogP contribution is 2.30. The second kappa shape index (κ2) is 5.40. The van der Waals surface area contributed by atoms with Gasteiger partial charge < -0.3 is 4.42 Å². The third kappa shape index (κ3) is 2.30. The van der Waals surface area contributed by atoms with E-state index in [1.54, 1.807) is 18.7 Å². The molecule has 22 heavy (non-hydrogen) atoms. The fourth-order valence-electron chi connectivity index (χ4n) is 2.30. The average molecular weight is 378 g/mol.